The van der Waals surface area contributed by atoms with Crippen LogP contribution in [0.25, 0.3) is 0 Å². The van der Waals surface area contributed by atoms with Gasteiger partial charge in [0.15, 0.2) is 0 Å². The summed E-state index contributed by atoms with van der Waals surface area (Å²) in [5.41, 5.74) is 0.679. The lowest BCUT2D eigenvalue weighted by molar-refractivity contribution is 0.601. The van der Waals surface area contributed by atoms with Gasteiger partial charge in [0.25, 0.3) is 10.0 Å². The Balaban J connectivity index is 2.29. The van der Waals surface area contributed by atoms with Crippen molar-refractivity contribution >= 4 is 15.7 Å². The smallest absolute Gasteiger partial charge is 0.261 e. The van der Waals surface area contributed by atoms with Crippen LogP contribution >= 0.6 is 0 Å². The Morgan fingerprint density at radius 3 is 2.28 bits per heavy atom. The fourth-order valence-corrected chi connectivity index (χ4v) is 2.30. The Morgan fingerprint density at radius 1 is 1.11 bits per heavy atom. The van der Waals surface area contributed by atoms with Crippen LogP contribution in [0.2, 0.25) is 0 Å². The summed E-state index contributed by atoms with van der Waals surface area (Å²) in [7, 11) is -3.68. The van der Waals surface area contributed by atoms with Crippen LogP contribution in [0.3, 0.4) is 0 Å². The molecule has 0 radical (unpaired) electrons. The average molecular weight is 260 g/mol. The Hall–Kier alpha value is -2.46. The first-order valence-corrected chi connectivity index (χ1v) is 6.38. The van der Waals surface area contributed by atoms with Crippen molar-refractivity contribution in [1.82, 2.24) is 9.97 Å². The van der Waals surface area contributed by atoms with Crippen LogP contribution in [0, 0.1) is 11.3 Å². The molecular weight excluding hydrogens is 252 g/mol. The highest BCUT2D eigenvalue weighted by Crippen LogP contribution is 2.14. The normalized spacial score (nSPS) is 10.6. The van der Waals surface area contributed by atoms with E-state index >= 15 is 0 Å². The predicted octanol–water partition coefficient (Wildman–Crippen LogP) is 1.15. The lowest BCUT2D eigenvalue weighted by Crippen LogP contribution is -2.13. The predicted molar refractivity (Wildman–Crippen MR) is 64.0 cm³/mol. The Morgan fingerprint density at radius 2 is 1.72 bits per heavy atom. The van der Waals surface area contributed by atoms with Crippen molar-refractivity contribution in [2.75, 3.05) is 4.72 Å². The summed E-state index contributed by atoms with van der Waals surface area (Å²) >= 11 is 0. The van der Waals surface area contributed by atoms with Gasteiger partial charge < -0.3 is 0 Å². The van der Waals surface area contributed by atoms with E-state index in [-0.39, 0.29) is 10.6 Å². The molecule has 0 saturated carbocycles. The molecule has 18 heavy (non-hydrogen) atoms. The third-order valence-electron chi connectivity index (χ3n) is 2.11. The molecule has 0 unspecified atom stereocenters. The molecule has 0 fully saturated rings. The van der Waals surface area contributed by atoms with E-state index in [4.69, 9.17) is 5.26 Å². The van der Waals surface area contributed by atoms with Gasteiger partial charge in [0.2, 0.25) is 0 Å². The van der Waals surface area contributed by atoms with E-state index in [2.05, 4.69) is 14.7 Å². The zero-order valence-electron chi connectivity index (χ0n) is 9.11. The van der Waals surface area contributed by atoms with Crippen molar-refractivity contribution in [1.29, 1.82) is 5.26 Å². The van der Waals surface area contributed by atoms with Gasteiger partial charge in [-0.15, -0.1) is 0 Å². The molecular formula is C11H8N4O2S. The van der Waals surface area contributed by atoms with Gasteiger partial charge in [-0.1, -0.05) is 0 Å². The maximum atomic E-state index is 12.0. The molecule has 7 heteroatoms. The molecule has 1 aromatic heterocycles. The van der Waals surface area contributed by atoms with Crippen LogP contribution in [0.1, 0.15) is 5.56 Å². The van der Waals surface area contributed by atoms with Crippen LogP contribution in [-0.2, 0) is 10.0 Å². The summed E-state index contributed by atoms with van der Waals surface area (Å²) in [6.45, 7) is 0. The summed E-state index contributed by atoms with van der Waals surface area (Å²) < 4.78 is 26.2. The minimum atomic E-state index is -3.68. The van der Waals surface area contributed by atoms with Crippen molar-refractivity contribution in [3.8, 4) is 6.07 Å². The highest BCUT2D eigenvalue weighted by molar-refractivity contribution is 7.92. The molecule has 90 valence electrons. The molecule has 0 atom stereocenters. The van der Waals surface area contributed by atoms with Crippen molar-refractivity contribution < 1.29 is 8.42 Å². The topological polar surface area (TPSA) is 95.7 Å². The highest BCUT2D eigenvalue weighted by atomic mass is 32.2. The van der Waals surface area contributed by atoms with E-state index in [0.29, 0.717) is 5.56 Å². The number of sulfonamides is 1. The quantitative estimate of drug-likeness (QED) is 0.893. The third kappa shape index (κ3) is 2.61. The number of hydrogen-bond donors (Lipinski definition) is 1. The maximum Gasteiger partial charge on any atom is 0.261 e. The number of nitrogens with one attached hydrogen (secondary N) is 1. The van der Waals surface area contributed by atoms with Crippen molar-refractivity contribution in [3.05, 3.63) is 48.5 Å². The molecule has 0 saturated heterocycles. The first-order valence-electron chi connectivity index (χ1n) is 4.90. The molecule has 1 heterocycles. The van der Waals surface area contributed by atoms with Crippen LogP contribution in [0.4, 0.5) is 5.69 Å². The van der Waals surface area contributed by atoms with E-state index in [1.807, 2.05) is 6.07 Å². The SMILES string of the molecule is N#Cc1ccc(S(=O)(=O)Nc2cncnc2)cc1. The van der Waals surface area contributed by atoms with Crippen LogP contribution in [0.15, 0.2) is 47.9 Å². The number of hydrogen-bond acceptors (Lipinski definition) is 5. The van der Waals surface area contributed by atoms with E-state index in [9.17, 15) is 8.42 Å². The summed E-state index contributed by atoms with van der Waals surface area (Å²) in [5.74, 6) is 0. The summed E-state index contributed by atoms with van der Waals surface area (Å²) in [6, 6.07) is 7.53. The second-order valence-electron chi connectivity index (χ2n) is 3.37. The van der Waals surface area contributed by atoms with Gasteiger partial charge in [0.1, 0.15) is 6.33 Å². The lowest BCUT2D eigenvalue weighted by atomic mass is 10.2. The zero-order chi connectivity index (χ0) is 13.0. The largest absolute Gasteiger partial charge is 0.276 e. The summed E-state index contributed by atoms with van der Waals surface area (Å²) in [5, 5.41) is 8.63. The molecule has 0 amide bonds. The van der Waals surface area contributed by atoms with Gasteiger partial charge in [-0.25, -0.2) is 18.4 Å². The second kappa shape index (κ2) is 4.81. The second-order valence-corrected chi connectivity index (χ2v) is 5.05. The number of nitriles is 1. The van der Waals surface area contributed by atoms with E-state index < -0.39 is 10.0 Å². The number of aromatic nitrogens is 2. The minimum Gasteiger partial charge on any atom is -0.276 e. The molecule has 0 aliphatic rings. The van der Waals surface area contributed by atoms with Crippen LogP contribution in [-0.4, -0.2) is 18.4 Å². The van der Waals surface area contributed by atoms with Gasteiger partial charge in [-0.2, -0.15) is 5.26 Å². The third-order valence-corrected chi connectivity index (χ3v) is 3.50. The Bertz CT molecular complexity index is 675. The van der Waals surface area contributed by atoms with Gasteiger partial charge in [-0.05, 0) is 24.3 Å². The van der Waals surface area contributed by atoms with Gasteiger partial charge in [-0.3, -0.25) is 4.72 Å². The Kier molecular flexibility index (Phi) is 3.21. The standard InChI is InChI=1S/C11H8N4O2S/c12-5-9-1-3-11(4-2-9)18(16,17)15-10-6-13-8-14-7-10/h1-4,6-8,15H. The molecule has 1 aromatic carbocycles. The molecule has 0 spiro atoms. The van der Waals surface area contributed by atoms with Gasteiger partial charge in [0, 0.05) is 0 Å². The average Bonchev–Trinajstić information content (AvgIpc) is 2.39. The molecule has 2 rings (SSSR count). The summed E-state index contributed by atoms with van der Waals surface area (Å²) in [4.78, 5) is 7.49. The molecule has 1 N–H and O–H groups in total. The van der Waals surface area contributed by atoms with Gasteiger partial charge >= 0.3 is 0 Å². The summed E-state index contributed by atoms with van der Waals surface area (Å²) in [6.07, 6.45) is 4.02. The van der Waals surface area contributed by atoms with Crippen LogP contribution in [0.5, 0.6) is 0 Å². The molecule has 2 aromatic rings. The fourth-order valence-electron chi connectivity index (χ4n) is 1.27. The van der Waals surface area contributed by atoms with Crippen molar-refractivity contribution in [3.63, 3.8) is 0 Å². The number of rotatable bonds is 3. The highest BCUT2D eigenvalue weighted by Gasteiger charge is 2.13. The number of benzene rings is 1. The first kappa shape index (κ1) is 12.0. The fraction of sp³-hybridized carbons (Fsp3) is 0. The van der Waals surface area contributed by atoms with Crippen molar-refractivity contribution in [2.24, 2.45) is 0 Å². The van der Waals surface area contributed by atoms with Crippen LogP contribution < -0.4 is 4.72 Å². The number of anilines is 1. The minimum absolute atomic E-state index is 0.0744. The van der Waals surface area contributed by atoms with Crippen molar-refractivity contribution in [2.45, 2.75) is 4.90 Å². The van der Waals surface area contributed by atoms with Gasteiger partial charge in [0.05, 0.1) is 34.6 Å². The molecule has 0 aliphatic heterocycles. The maximum absolute atomic E-state index is 12.0. The molecule has 0 bridgehead atoms. The van der Waals surface area contributed by atoms with E-state index in [0.717, 1.165) is 0 Å². The van der Waals surface area contributed by atoms with E-state index in [1.165, 1.54) is 43.0 Å². The van der Waals surface area contributed by atoms with E-state index in [1.54, 1.807) is 0 Å². The zero-order valence-corrected chi connectivity index (χ0v) is 9.92. The monoisotopic (exact) mass is 260 g/mol. The number of nitrogens with zero attached hydrogens (tertiary/aromatic N) is 3. The lowest BCUT2D eigenvalue weighted by Gasteiger charge is -2.06. The first-order chi connectivity index (χ1) is 8.62. The Labute approximate surface area is 104 Å². The molecule has 0 aliphatic carbocycles. The molecule has 6 nitrogen and oxygen atoms in total.